The molecule has 2 aliphatic heterocycles. The topological polar surface area (TPSA) is 37.8 Å². The Morgan fingerprint density at radius 3 is 2.73 bits per heavy atom. The van der Waals surface area contributed by atoms with Gasteiger partial charge in [0.05, 0.1) is 6.61 Å². The van der Waals surface area contributed by atoms with Gasteiger partial charge in [-0.3, -0.25) is 9.80 Å². The van der Waals surface area contributed by atoms with Crippen LogP contribution in [0.2, 0.25) is 0 Å². The second-order valence-corrected chi connectivity index (χ2v) is 7.36. The summed E-state index contributed by atoms with van der Waals surface area (Å²) in [6.45, 7) is 11.9. The van der Waals surface area contributed by atoms with Crippen molar-refractivity contribution in [3.63, 3.8) is 0 Å². The van der Waals surface area contributed by atoms with Gasteiger partial charge in [0.1, 0.15) is 6.10 Å². The third-order valence-electron chi connectivity index (χ3n) is 5.16. The van der Waals surface area contributed by atoms with Gasteiger partial charge in [-0.1, -0.05) is 12.1 Å². The first-order chi connectivity index (χ1) is 12.8. The van der Waals surface area contributed by atoms with Crippen LogP contribution in [-0.4, -0.2) is 66.8 Å². The fourth-order valence-electron chi connectivity index (χ4n) is 3.70. The Bertz CT molecular complexity index is 521. The highest BCUT2D eigenvalue weighted by molar-refractivity contribution is 5.18. The lowest BCUT2D eigenvalue weighted by atomic mass is 10.1. The van der Waals surface area contributed by atoms with E-state index in [0.29, 0.717) is 0 Å². The van der Waals surface area contributed by atoms with Crippen LogP contribution in [0.15, 0.2) is 31.0 Å². The monoisotopic (exact) mass is 359 g/mol. The van der Waals surface area contributed by atoms with E-state index in [1.807, 2.05) is 18.3 Å². The van der Waals surface area contributed by atoms with Crippen molar-refractivity contribution in [1.82, 2.24) is 14.8 Å². The lowest BCUT2D eigenvalue weighted by Gasteiger charge is -2.26. The maximum absolute atomic E-state index is 6.23. The Morgan fingerprint density at radius 1 is 1.12 bits per heavy atom. The van der Waals surface area contributed by atoms with E-state index in [1.54, 1.807) is 0 Å². The molecule has 0 aromatic carbocycles. The fourth-order valence-corrected chi connectivity index (χ4v) is 3.70. The summed E-state index contributed by atoms with van der Waals surface area (Å²) in [7, 11) is 0. The first kappa shape index (κ1) is 19.3. The van der Waals surface area contributed by atoms with Crippen molar-refractivity contribution in [1.29, 1.82) is 0 Å². The second kappa shape index (κ2) is 10.7. The predicted octanol–water partition coefficient (Wildman–Crippen LogP) is 3.11. The van der Waals surface area contributed by atoms with E-state index >= 15 is 0 Å². The van der Waals surface area contributed by atoms with Crippen LogP contribution in [-0.2, 0) is 11.3 Å². The summed E-state index contributed by atoms with van der Waals surface area (Å²) in [6.07, 6.45) is 9.75. The van der Waals surface area contributed by atoms with Gasteiger partial charge in [-0.2, -0.15) is 0 Å². The Balaban J connectivity index is 1.53. The fraction of sp³-hybridized carbons (Fsp3) is 0.667. The maximum Gasteiger partial charge on any atom is 0.213 e. The Morgan fingerprint density at radius 2 is 1.96 bits per heavy atom. The van der Waals surface area contributed by atoms with Crippen LogP contribution in [0.25, 0.3) is 0 Å². The van der Waals surface area contributed by atoms with Crippen molar-refractivity contribution < 1.29 is 9.47 Å². The molecule has 3 heterocycles. The van der Waals surface area contributed by atoms with Gasteiger partial charge < -0.3 is 9.47 Å². The van der Waals surface area contributed by atoms with Gasteiger partial charge in [0.25, 0.3) is 0 Å². The lowest BCUT2D eigenvalue weighted by Crippen LogP contribution is -2.37. The van der Waals surface area contributed by atoms with Gasteiger partial charge in [0.15, 0.2) is 0 Å². The van der Waals surface area contributed by atoms with Gasteiger partial charge >= 0.3 is 0 Å². The van der Waals surface area contributed by atoms with Crippen LogP contribution in [0, 0.1) is 0 Å². The van der Waals surface area contributed by atoms with Gasteiger partial charge in [0, 0.05) is 45.0 Å². The number of rotatable bonds is 9. The minimum Gasteiger partial charge on any atom is -0.473 e. The summed E-state index contributed by atoms with van der Waals surface area (Å²) in [6, 6.07) is 4.18. The van der Waals surface area contributed by atoms with Gasteiger partial charge in [0.2, 0.25) is 5.88 Å². The average Bonchev–Trinajstić information content (AvgIpc) is 3.03. The molecule has 1 atom stereocenters. The molecule has 0 spiro atoms. The number of aromatic nitrogens is 1. The summed E-state index contributed by atoms with van der Waals surface area (Å²) in [4.78, 5) is 9.50. The lowest BCUT2D eigenvalue weighted by molar-refractivity contribution is 0.109. The van der Waals surface area contributed by atoms with E-state index < -0.39 is 0 Å². The molecule has 0 saturated carbocycles. The van der Waals surface area contributed by atoms with Crippen LogP contribution in [0.3, 0.4) is 0 Å². The van der Waals surface area contributed by atoms with Crippen LogP contribution in [0.4, 0.5) is 0 Å². The quantitative estimate of drug-likeness (QED) is 0.634. The van der Waals surface area contributed by atoms with Crippen molar-refractivity contribution in [3.05, 3.63) is 36.5 Å². The highest BCUT2D eigenvalue weighted by atomic mass is 16.5. The molecule has 5 heteroatoms. The number of nitrogens with zero attached hydrogens (tertiary/aromatic N) is 3. The molecule has 2 fully saturated rings. The molecule has 0 aliphatic carbocycles. The van der Waals surface area contributed by atoms with Crippen LogP contribution in [0.5, 0.6) is 5.88 Å². The molecule has 1 aromatic rings. The molecule has 5 nitrogen and oxygen atoms in total. The molecule has 3 rings (SSSR count). The first-order valence-corrected chi connectivity index (χ1v) is 10.1. The standard InChI is InChI=1S/C21H33N3O2/c1-2-3-7-20(18-24-12-6-14-25-15-13-24)26-21-9-8-19(16-22-21)17-23-10-4-5-11-23/h2,8-9,16,20H,1,3-7,10-15,17-18H2/t20-/m0/s1. The number of ether oxygens (including phenoxy) is 2. The molecule has 0 bridgehead atoms. The van der Waals surface area contributed by atoms with Gasteiger partial charge in [-0.25, -0.2) is 4.98 Å². The van der Waals surface area contributed by atoms with Gasteiger partial charge in [-0.05, 0) is 50.8 Å². The number of likely N-dealkylation sites (tertiary alicyclic amines) is 1. The van der Waals surface area contributed by atoms with E-state index in [2.05, 4.69) is 27.4 Å². The molecule has 26 heavy (non-hydrogen) atoms. The third-order valence-corrected chi connectivity index (χ3v) is 5.16. The van der Waals surface area contributed by atoms with Crippen LogP contribution < -0.4 is 4.74 Å². The Hall–Kier alpha value is -1.43. The summed E-state index contributed by atoms with van der Waals surface area (Å²) in [5, 5.41) is 0. The number of hydrogen-bond acceptors (Lipinski definition) is 5. The van der Waals surface area contributed by atoms with E-state index in [9.17, 15) is 0 Å². The van der Waals surface area contributed by atoms with E-state index in [1.165, 1.54) is 31.5 Å². The molecular weight excluding hydrogens is 326 g/mol. The third kappa shape index (κ3) is 6.38. The SMILES string of the molecule is C=CCC[C@@H](CN1CCCOCC1)Oc1ccc(CN2CCCC2)cn1. The number of pyridine rings is 1. The molecule has 0 amide bonds. The van der Waals surface area contributed by atoms with Gasteiger partial charge in [-0.15, -0.1) is 6.58 Å². The Kier molecular flexibility index (Phi) is 7.92. The van der Waals surface area contributed by atoms with Crippen molar-refractivity contribution in [3.8, 4) is 5.88 Å². The molecule has 2 aliphatic rings. The second-order valence-electron chi connectivity index (χ2n) is 7.36. The summed E-state index contributed by atoms with van der Waals surface area (Å²) < 4.78 is 11.8. The zero-order valence-corrected chi connectivity index (χ0v) is 15.9. The van der Waals surface area contributed by atoms with E-state index in [-0.39, 0.29) is 6.10 Å². The molecule has 2 saturated heterocycles. The molecular formula is C21H33N3O2. The zero-order valence-electron chi connectivity index (χ0n) is 15.9. The predicted molar refractivity (Wildman–Crippen MR) is 104 cm³/mol. The van der Waals surface area contributed by atoms with E-state index in [4.69, 9.17) is 9.47 Å². The largest absolute Gasteiger partial charge is 0.473 e. The van der Waals surface area contributed by atoms with Crippen LogP contribution >= 0.6 is 0 Å². The molecule has 0 N–H and O–H groups in total. The molecule has 1 aromatic heterocycles. The first-order valence-electron chi connectivity index (χ1n) is 10.1. The summed E-state index contributed by atoms with van der Waals surface area (Å²) >= 11 is 0. The molecule has 0 radical (unpaired) electrons. The highest BCUT2D eigenvalue weighted by Crippen LogP contribution is 2.17. The summed E-state index contributed by atoms with van der Waals surface area (Å²) in [5.41, 5.74) is 1.27. The zero-order chi connectivity index (χ0) is 18.0. The molecule has 144 valence electrons. The minimum atomic E-state index is 0.142. The van der Waals surface area contributed by atoms with Crippen molar-refractivity contribution >= 4 is 0 Å². The smallest absolute Gasteiger partial charge is 0.213 e. The van der Waals surface area contributed by atoms with Crippen LogP contribution in [0.1, 0.15) is 37.7 Å². The Labute approximate surface area is 158 Å². The average molecular weight is 360 g/mol. The normalized spacial score (nSPS) is 20.6. The van der Waals surface area contributed by atoms with Crippen molar-refractivity contribution in [2.75, 3.05) is 45.9 Å². The van der Waals surface area contributed by atoms with E-state index in [0.717, 1.165) is 64.5 Å². The number of hydrogen-bond donors (Lipinski definition) is 0. The van der Waals surface area contributed by atoms with Crippen molar-refractivity contribution in [2.45, 2.75) is 44.8 Å². The van der Waals surface area contributed by atoms with Crippen molar-refractivity contribution in [2.24, 2.45) is 0 Å². The minimum absolute atomic E-state index is 0.142. The number of allylic oxidation sites excluding steroid dienone is 1. The highest BCUT2D eigenvalue weighted by Gasteiger charge is 2.18. The molecule has 0 unspecified atom stereocenters. The summed E-state index contributed by atoms with van der Waals surface area (Å²) in [5.74, 6) is 0.732. The maximum atomic E-state index is 6.23.